The normalized spacial score (nSPS) is 39.8. The molecule has 0 bridgehead atoms. The molecule has 5 fully saturated rings. The van der Waals surface area contributed by atoms with E-state index in [0.717, 1.165) is 35.5 Å². The van der Waals surface area contributed by atoms with Crippen molar-refractivity contribution in [2.24, 2.45) is 35.5 Å². The van der Waals surface area contributed by atoms with Crippen molar-refractivity contribution in [2.45, 2.75) is 149 Å². The first-order valence-corrected chi connectivity index (χ1v) is 17.5. The van der Waals surface area contributed by atoms with Gasteiger partial charge in [-0.2, -0.15) is 0 Å². The third-order valence-electron chi connectivity index (χ3n) is 11.4. The van der Waals surface area contributed by atoms with Crippen LogP contribution in [0.15, 0.2) is 12.1 Å². The standard InChI is InChI=1S/C35H55O2P/c1-22-20-27(34(2,3)4)33(28(21-22)35(5,6)7)38-36-29-18-16-23-12-8-10-14-25(23)31(29)32-26-15-11-9-13-24(26)17-19-30(32)37-38/h20-21,23-26,29-32H,8-19H2,1-7H3/t23?,24?,25?,26?,29?,30?,31-,32+,38?. The summed E-state index contributed by atoms with van der Waals surface area (Å²) in [6.07, 6.45) is 17.7. The summed E-state index contributed by atoms with van der Waals surface area (Å²) < 4.78 is 15.0. The zero-order chi connectivity index (χ0) is 26.8. The summed E-state index contributed by atoms with van der Waals surface area (Å²) in [5, 5.41) is 1.43. The lowest BCUT2D eigenvalue weighted by Gasteiger charge is -2.53. The Balaban J connectivity index is 1.47. The Morgan fingerprint density at radius 3 is 1.45 bits per heavy atom. The molecule has 0 aromatic heterocycles. The molecule has 1 aliphatic heterocycles. The van der Waals surface area contributed by atoms with Gasteiger partial charge in [0.1, 0.15) is 0 Å². The Labute approximate surface area is 235 Å². The minimum Gasteiger partial charge on any atom is -0.327 e. The molecule has 0 amide bonds. The van der Waals surface area contributed by atoms with Crippen molar-refractivity contribution in [3.8, 4) is 0 Å². The van der Waals surface area contributed by atoms with Crippen molar-refractivity contribution in [2.75, 3.05) is 0 Å². The number of rotatable bonds is 1. The van der Waals surface area contributed by atoms with Crippen LogP contribution in [-0.4, -0.2) is 12.2 Å². The number of hydrogen-bond donors (Lipinski definition) is 0. The molecule has 2 nitrogen and oxygen atoms in total. The van der Waals surface area contributed by atoms with Crippen molar-refractivity contribution < 1.29 is 9.05 Å². The highest BCUT2D eigenvalue weighted by molar-refractivity contribution is 7.56. The molecule has 6 rings (SSSR count). The average Bonchev–Trinajstić information content (AvgIpc) is 3.04. The number of aryl methyl sites for hydroxylation is 1. The SMILES string of the molecule is Cc1cc(C(C)(C)C)c(P2OC3CCC4CCCCC4[C@@H]3[C@H]3C(CCC4CCCCC43)O2)c(C(C)(C)C)c1. The first-order valence-electron chi connectivity index (χ1n) is 16.3. The van der Waals surface area contributed by atoms with Crippen molar-refractivity contribution >= 4 is 13.7 Å². The van der Waals surface area contributed by atoms with Gasteiger partial charge in [0.15, 0.2) is 0 Å². The van der Waals surface area contributed by atoms with E-state index in [2.05, 4.69) is 60.6 Å². The number of hydrogen-bond acceptors (Lipinski definition) is 2. The van der Waals surface area contributed by atoms with Crippen molar-refractivity contribution in [3.63, 3.8) is 0 Å². The summed E-state index contributed by atoms with van der Waals surface area (Å²) in [5.74, 6) is 5.07. The molecular formula is C35H55O2P. The van der Waals surface area contributed by atoms with Crippen LogP contribution in [0.25, 0.3) is 0 Å². The van der Waals surface area contributed by atoms with Crippen LogP contribution in [-0.2, 0) is 19.9 Å². The minimum absolute atomic E-state index is 0.0591. The molecule has 1 saturated heterocycles. The van der Waals surface area contributed by atoms with E-state index in [0.29, 0.717) is 12.2 Å². The Morgan fingerprint density at radius 2 is 1.03 bits per heavy atom. The van der Waals surface area contributed by atoms with Gasteiger partial charge >= 0.3 is 0 Å². The molecule has 212 valence electrons. The summed E-state index contributed by atoms with van der Waals surface area (Å²) in [5.41, 5.74) is 4.41. The molecule has 0 N–H and O–H groups in total. The maximum absolute atomic E-state index is 7.48. The third-order valence-corrected chi connectivity index (χ3v) is 13.2. The fraction of sp³-hybridized carbons (Fsp3) is 0.829. The van der Waals surface area contributed by atoms with Crippen LogP contribution in [0.4, 0.5) is 0 Å². The lowest BCUT2D eigenvalue weighted by atomic mass is 9.53. The van der Waals surface area contributed by atoms with E-state index in [-0.39, 0.29) is 10.8 Å². The van der Waals surface area contributed by atoms with Gasteiger partial charge in [0, 0.05) is 5.30 Å². The second-order valence-corrected chi connectivity index (χ2v) is 17.4. The maximum atomic E-state index is 7.48. The van der Waals surface area contributed by atoms with Gasteiger partial charge in [0.25, 0.3) is 0 Å². The van der Waals surface area contributed by atoms with Crippen LogP contribution in [0.5, 0.6) is 0 Å². The second kappa shape index (κ2) is 10.4. The molecule has 0 spiro atoms. The molecule has 5 aliphatic rings. The van der Waals surface area contributed by atoms with E-state index in [1.165, 1.54) is 99.0 Å². The quantitative estimate of drug-likeness (QED) is 0.331. The van der Waals surface area contributed by atoms with Crippen LogP contribution in [0.3, 0.4) is 0 Å². The fourth-order valence-corrected chi connectivity index (χ4v) is 12.1. The molecule has 1 aromatic rings. The van der Waals surface area contributed by atoms with Crippen LogP contribution in [0.2, 0.25) is 0 Å². The molecular weight excluding hydrogens is 483 g/mol. The van der Waals surface area contributed by atoms with Gasteiger partial charge < -0.3 is 9.05 Å². The van der Waals surface area contributed by atoms with E-state index in [1.807, 2.05) is 0 Å². The summed E-state index contributed by atoms with van der Waals surface area (Å²) in [6.45, 7) is 16.6. The average molecular weight is 539 g/mol. The lowest BCUT2D eigenvalue weighted by molar-refractivity contribution is -0.0856. The van der Waals surface area contributed by atoms with Gasteiger partial charge in [0.05, 0.1) is 12.2 Å². The minimum atomic E-state index is -1.11. The maximum Gasteiger partial charge on any atom is 0.206 e. The molecule has 1 aromatic carbocycles. The van der Waals surface area contributed by atoms with Crippen LogP contribution >= 0.6 is 8.38 Å². The van der Waals surface area contributed by atoms with E-state index in [9.17, 15) is 0 Å². The van der Waals surface area contributed by atoms with Gasteiger partial charge in [-0.05, 0) is 103 Å². The third kappa shape index (κ3) is 5.07. The molecule has 4 saturated carbocycles. The molecule has 3 heteroatoms. The predicted octanol–water partition coefficient (Wildman–Crippen LogP) is 9.74. The topological polar surface area (TPSA) is 18.5 Å². The fourth-order valence-electron chi connectivity index (χ4n) is 9.70. The molecule has 1 heterocycles. The second-order valence-electron chi connectivity index (χ2n) is 16.0. The van der Waals surface area contributed by atoms with Gasteiger partial charge in [-0.1, -0.05) is 97.8 Å². The summed E-state index contributed by atoms with van der Waals surface area (Å²) in [7, 11) is -1.11. The molecule has 7 unspecified atom stereocenters. The first-order chi connectivity index (χ1) is 18.0. The van der Waals surface area contributed by atoms with Crippen LogP contribution < -0.4 is 5.30 Å². The van der Waals surface area contributed by atoms with Gasteiger partial charge in [0.2, 0.25) is 8.38 Å². The molecule has 4 aliphatic carbocycles. The van der Waals surface area contributed by atoms with Gasteiger partial charge in [-0.15, -0.1) is 0 Å². The van der Waals surface area contributed by atoms with Crippen LogP contribution in [0.1, 0.15) is 135 Å². The van der Waals surface area contributed by atoms with Crippen molar-refractivity contribution in [3.05, 3.63) is 28.8 Å². The summed E-state index contributed by atoms with van der Waals surface area (Å²) >= 11 is 0. The van der Waals surface area contributed by atoms with Crippen molar-refractivity contribution in [1.82, 2.24) is 0 Å². The van der Waals surface area contributed by atoms with Crippen LogP contribution in [0, 0.1) is 42.4 Å². The molecule has 9 atom stereocenters. The lowest BCUT2D eigenvalue weighted by Crippen LogP contribution is -2.51. The highest BCUT2D eigenvalue weighted by Crippen LogP contribution is 2.62. The highest BCUT2D eigenvalue weighted by atomic mass is 31.2. The Kier molecular flexibility index (Phi) is 7.62. The van der Waals surface area contributed by atoms with E-state index < -0.39 is 8.38 Å². The summed E-state index contributed by atoms with van der Waals surface area (Å²) in [6, 6.07) is 4.91. The monoisotopic (exact) mass is 538 g/mol. The number of benzene rings is 1. The highest BCUT2D eigenvalue weighted by Gasteiger charge is 2.55. The first kappa shape index (κ1) is 27.7. The smallest absolute Gasteiger partial charge is 0.206 e. The van der Waals surface area contributed by atoms with E-state index in [1.54, 1.807) is 0 Å². The Morgan fingerprint density at radius 1 is 0.605 bits per heavy atom. The Bertz CT molecular complexity index is 927. The Hall–Kier alpha value is -0.430. The number of fused-ring (bicyclic) bond motifs is 7. The molecule has 0 radical (unpaired) electrons. The zero-order valence-electron chi connectivity index (χ0n) is 25.5. The zero-order valence-corrected chi connectivity index (χ0v) is 26.4. The summed E-state index contributed by atoms with van der Waals surface area (Å²) in [4.78, 5) is 0. The van der Waals surface area contributed by atoms with Gasteiger partial charge in [-0.25, -0.2) is 0 Å². The largest absolute Gasteiger partial charge is 0.327 e. The van der Waals surface area contributed by atoms with E-state index in [4.69, 9.17) is 9.05 Å². The van der Waals surface area contributed by atoms with Gasteiger partial charge in [-0.3, -0.25) is 0 Å². The van der Waals surface area contributed by atoms with E-state index >= 15 is 0 Å². The predicted molar refractivity (Wildman–Crippen MR) is 161 cm³/mol. The van der Waals surface area contributed by atoms with Crippen molar-refractivity contribution in [1.29, 1.82) is 0 Å². The molecule has 38 heavy (non-hydrogen) atoms.